The molecule has 0 unspecified atom stereocenters. The van der Waals surface area contributed by atoms with Gasteiger partial charge in [0.2, 0.25) is 0 Å². The third-order valence-electron chi connectivity index (χ3n) is 3.81. The van der Waals surface area contributed by atoms with Crippen molar-refractivity contribution in [3.63, 3.8) is 0 Å². The summed E-state index contributed by atoms with van der Waals surface area (Å²) in [6, 6.07) is 3.44. The molecule has 0 bridgehead atoms. The minimum atomic E-state index is 0.189. The second kappa shape index (κ2) is 7.16. The molecular formula is C15H23ClN2O2. The summed E-state index contributed by atoms with van der Waals surface area (Å²) in [6.45, 7) is 3.92. The smallest absolute Gasteiger partial charge is 0.162 e. The summed E-state index contributed by atoms with van der Waals surface area (Å²) < 4.78 is 5.14. The highest BCUT2D eigenvalue weighted by molar-refractivity contribution is 6.30. The van der Waals surface area contributed by atoms with Crippen LogP contribution in [0.15, 0.2) is 12.1 Å². The van der Waals surface area contributed by atoms with Gasteiger partial charge in [0.05, 0.1) is 7.11 Å². The highest BCUT2D eigenvalue weighted by Gasteiger charge is 2.17. The summed E-state index contributed by atoms with van der Waals surface area (Å²) in [5.74, 6) is 1.35. The Balaban J connectivity index is 1.99. The van der Waals surface area contributed by atoms with Crippen molar-refractivity contribution >= 4 is 11.6 Å². The van der Waals surface area contributed by atoms with Crippen LogP contribution in [0.5, 0.6) is 11.5 Å². The minimum Gasteiger partial charge on any atom is -0.504 e. The van der Waals surface area contributed by atoms with E-state index in [1.165, 1.54) is 20.0 Å². The molecule has 1 aromatic rings. The van der Waals surface area contributed by atoms with Crippen LogP contribution in [0.2, 0.25) is 5.02 Å². The van der Waals surface area contributed by atoms with Gasteiger partial charge in [-0.05, 0) is 45.0 Å². The fraction of sp³-hybridized carbons (Fsp3) is 0.600. The van der Waals surface area contributed by atoms with Crippen molar-refractivity contribution in [1.29, 1.82) is 0 Å². The number of ether oxygens (including phenoxy) is 1. The molecule has 0 radical (unpaired) electrons. The van der Waals surface area contributed by atoms with Crippen LogP contribution in [0.4, 0.5) is 0 Å². The molecule has 20 heavy (non-hydrogen) atoms. The van der Waals surface area contributed by atoms with E-state index in [-0.39, 0.29) is 5.75 Å². The Morgan fingerprint density at radius 2 is 2.10 bits per heavy atom. The largest absolute Gasteiger partial charge is 0.504 e. The fourth-order valence-electron chi connectivity index (χ4n) is 2.76. The highest BCUT2D eigenvalue weighted by Crippen LogP contribution is 2.34. The van der Waals surface area contributed by atoms with E-state index in [0.717, 1.165) is 31.1 Å². The van der Waals surface area contributed by atoms with E-state index in [4.69, 9.17) is 16.3 Å². The van der Waals surface area contributed by atoms with Gasteiger partial charge in [-0.1, -0.05) is 11.6 Å². The van der Waals surface area contributed by atoms with Crippen molar-refractivity contribution in [2.45, 2.75) is 19.4 Å². The standard InChI is InChI=1S/C15H23ClN2O2/c1-18(9-11-3-5-17-6-4-11)10-12-7-13(16)8-14(20-2)15(12)19/h7-8,11,17,19H,3-6,9-10H2,1-2H3. The molecular weight excluding hydrogens is 276 g/mol. The number of methoxy groups -OCH3 is 1. The van der Waals surface area contributed by atoms with Gasteiger partial charge in [-0.3, -0.25) is 0 Å². The monoisotopic (exact) mass is 298 g/mol. The van der Waals surface area contributed by atoms with Gasteiger partial charge >= 0.3 is 0 Å². The Morgan fingerprint density at radius 3 is 2.75 bits per heavy atom. The molecule has 2 N–H and O–H groups in total. The lowest BCUT2D eigenvalue weighted by molar-refractivity contribution is 0.232. The predicted octanol–water partition coefficient (Wildman–Crippen LogP) is 2.49. The van der Waals surface area contributed by atoms with Gasteiger partial charge < -0.3 is 20.1 Å². The van der Waals surface area contributed by atoms with Crippen LogP contribution in [-0.4, -0.2) is 43.8 Å². The van der Waals surface area contributed by atoms with Crippen molar-refractivity contribution in [2.75, 3.05) is 33.8 Å². The second-order valence-electron chi connectivity index (χ2n) is 5.51. The first kappa shape index (κ1) is 15.4. The Bertz CT molecular complexity index is 448. The van der Waals surface area contributed by atoms with Gasteiger partial charge in [-0.25, -0.2) is 0 Å². The van der Waals surface area contributed by atoms with Crippen LogP contribution >= 0.6 is 11.6 Å². The number of aromatic hydroxyl groups is 1. The maximum absolute atomic E-state index is 10.1. The molecule has 5 heteroatoms. The number of rotatable bonds is 5. The molecule has 112 valence electrons. The molecule has 1 heterocycles. The highest BCUT2D eigenvalue weighted by atomic mass is 35.5. The van der Waals surface area contributed by atoms with Crippen molar-refractivity contribution < 1.29 is 9.84 Å². The molecule has 4 nitrogen and oxygen atoms in total. The first-order valence-corrected chi connectivity index (χ1v) is 7.42. The Labute approximate surface area is 125 Å². The molecule has 1 aromatic carbocycles. The van der Waals surface area contributed by atoms with Crippen molar-refractivity contribution in [3.05, 3.63) is 22.7 Å². The zero-order valence-corrected chi connectivity index (χ0v) is 12.9. The van der Waals surface area contributed by atoms with E-state index in [9.17, 15) is 5.11 Å². The predicted molar refractivity (Wildman–Crippen MR) is 81.6 cm³/mol. The number of phenolic OH excluding ortho intramolecular Hbond substituents is 1. The molecule has 1 fully saturated rings. The average Bonchev–Trinajstić information content (AvgIpc) is 2.43. The van der Waals surface area contributed by atoms with E-state index in [0.29, 0.717) is 17.3 Å². The Kier molecular flexibility index (Phi) is 5.52. The maximum Gasteiger partial charge on any atom is 0.162 e. The lowest BCUT2D eigenvalue weighted by Gasteiger charge is -2.27. The first-order chi connectivity index (χ1) is 9.60. The van der Waals surface area contributed by atoms with Crippen LogP contribution in [0.1, 0.15) is 18.4 Å². The number of piperidine rings is 1. The number of nitrogens with zero attached hydrogens (tertiary/aromatic N) is 1. The molecule has 0 atom stereocenters. The molecule has 0 spiro atoms. The topological polar surface area (TPSA) is 44.7 Å². The third kappa shape index (κ3) is 4.01. The average molecular weight is 299 g/mol. The molecule has 0 aromatic heterocycles. The normalized spacial score (nSPS) is 16.6. The van der Waals surface area contributed by atoms with E-state index in [2.05, 4.69) is 17.3 Å². The van der Waals surface area contributed by atoms with Gasteiger partial charge in [0, 0.05) is 29.7 Å². The van der Waals surface area contributed by atoms with E-state index in [1.807, 2.05) is 0 Å². The number of hydrogen-bond donors (Lipinski definition) is 2. The zero-order chi connectivity index (χ0) is 14.5. The van der Waals surface area contributed by atoms with Crippen molar-refractivity contribution in [3.8, 4) is 11.5 Å². The summed E-state index contributed by atoms with van der Waals surface area (Å²) in [5, 5.41) is 14.1. The van der Waals surface area contributed by atoms with Gasteiger partial charge in [0.25, 0.3) is 0 Å². The SMILES string of the molecule is COc1cc(Cl)cc(CN(C)CC2CCNCC2)c1O. The third-order valence-corrected chi connectivity index (χ3v) is 4.03. The minimum absolute atomic E-state index is 0.189. The van der Waals surface area contributed by atoms with Crippen molar-refractivity contribution in [1.82, 2.24) is 10.2 Å². The summed E-state index contributed by atoms with van der Waals surface area (Å²) in [7, 11) is 3.61. The molecule has 1 aliphatic rings. The maximum atomic E-state index is 10.1. The van der Waals surface area contributed by atoms with Gasteiger partial charge in [-0.15, -0.1) is 0 Å². The number of nitrogens with one attached hydrogen (secondary N) is 1. The van der Waals surface area contributed by atoms with Crippen molar-refractivity contribution in [2.24, 2.45) is 5.92 Å². The fourth-order valence-corrected chi connectivity index (χ4v) is 3.00. The number of benzene rings is 1. The number of halogens is 1. The Hall–Kier alpha value is -0.970. The second-order valence-corrected chi connectivity index (χ2v) is 5.94. The van der Waals surface area contributed by atoms with Gasteiger partial charge in [-0.2, -0.15) is 0 Å². The number of phenols is 1. The molecule has 1 aliphatic heterocycles. The van der Waals surface area contributed by atoms with Crippen LogP contribution in [0.3, 0.4) is 0 Å². The zero-order valence-electron chi connectivity index (χ0n) is 12.2. The lowest BCUT2D eigenvalue weighted by Crippen LogP contribution is -2.34. The summed E-state index contributed by atoms with van der Waals surface area (Å²) in [4.78, 5) is 2.24. The van der Waals surface area contributed by atoms with E-state index in [1.54, 1.807) is 12.1 Å². The van der Waals surface area contributed by atoms with Crippen LogP contribution in [0, 0.1) is 5.92 Å². The van der Waals surface area contributed by atoms with E-state index < -0.39 is 0 Å². The Morgan fingerprint density at radius 1 is 1.40 bits per heavy atom. The number of hydrogen-bond acceptors (Lipinski definition) is 4. The molecule has 0 amide bonds. The first-order valence-electron chi connectivity index (χ1n) is 7.04. The quantitative estimate of drug-likeness (QED) is 0.877. The summed E-state index contributed by atoms with van der Waals surface area (Å²) in [5.41, 5.74) is 0.811. The van der Waals surface area contributed by atoms with Gasteiger partial charge in [0.1, 0.15) is 0 Å². The summed E-state index contributed by atoms with van der Waals surface area (Å²) >= 11 is 6.06. The van der Waals surface area contributed by atoms with E-state index >= 15 is 0 Å². The van der Waals surface area contributed by atoms with Crippen LogP contribution in [0.25, 0.3) is 0 Å². The van der Waals surface area contributed by atoms with Crippen LogP contribution < -0.4 is 10.1 Å². The lowest BCUT2D eigenvalue weighted by atomic mass is 9.97. The van der Waals surface area contributed by atoms with Gasteiger partial charge in [0.15, 0.2) is 11.5 Å². The molecule has 2 rings (SSSR count). The summed E-state index contributed by atoms with van der Waals surface area (Å²) in [6.07, 6.45) is 2.43. The molecule has 0 saturated carbocycles. The molecule has 0 aliphatic carbocycles. The molecule has 1 saturated heterocycles. The van der Waals surface area contributed by atoms with Crippen LogP contribution in [-0.2, 0) is 6.54 Å².